The molecule has 2 aliphatic heterocycles. The van der Waals surface area contributed by atoms with E-state index in [1.54, 1.807) is 17.4 Å². The molecular weight excluding hydrogens is 338 g/mol. The summed E-state index contributed by atoms with van der Waals surface area (Å²) in [6.07, 6.45) is 3.28. The van der Waals surface area contributed by atoms with Crippen molar-refractivity contribution in [1.29, 1.82) is 0 Å². The van der Waals surface area contributed by atoms with Gasteiger partial charge in [-0.15, -0.1) is 11.3 Å². The number of amides is 1. The van der Waals surface area contributed by atoms with Crippen molar-refractivity contribution in [1.82, 2.24) is 25.4 Å². The number of nitrogens with one attached hydrogen (secondary N) is 1. The Bertz CT molecular complexity index is 738. The average molecular weight is 359 g/mol. The molecule has 2 aromatic rings. The summed E-state index contributed by atoms with van der Waals surface area (Å²) >= 11 is 1.72. The molecule has 4 rings (SSSR count). The van der Waals surface area contributed by atoms with Crippen LogP contribution in [0.5, 0.6) is 0 Å². The summed E-state index contributed by atoms with van der Waals surface area (Å²) in [7, 11) is 0. The summed E-state index contributed by atoms with van der Waals surface area (Å²) in [4.78, 5) is 19.1. The first-order valence-electron chi connectivity index (χ1n) is 8.49. The van der Waals surface area contributed by atoms with Gasteiger partial charge in [-0.05, 0) is 13.0 Å². The van der Waals surface area contributed by atoms with E-state index in [1.807, 2.05) is 6.92 Å². The van der Waals surface area contributed by atoms with Crippen molar-refractivity contribution in [2.24, 2.45) is 11.8 Å². The molecule has 0 saturated carbocycles. The molecule has 25 heavy (non-hydrogen) atoms. The molecule has 0 bridgehead atoms. The van der Waals surface area contributed by atoms with Crippen molar-refractivity contribution in [2.45, 2.75) is 19.6 Å². The lowest BCUT2D eigenvalue weighted by Gasteiger charge is -2.19. The van der Waals surface area contributed by atoms with E-state index in [9.17, 15) is 4.79 Å². The van der Waals surface area contributed by atoms with Gasteiger partial charge < -0.3 is 10.1 Å². The quantitative estimate of drug-likeness (QED) is 0.862. The van der Waals surface area contributed by atoms with E-state index in [1.165, 1.54) is 12.4 Å². The Morgan fingerprint density at radius 1 is 1.44 bits per heavy atom. The van der Waals surface area contributed by atoms with Gasteiger partial charge in [0, 0.05) is 42.5 Å². The highest BCUT2D eigenvalue weighted by molar-refractivity contribution is 7.09. The van der Waals surface area contributed by atoms with E-state index in [2.05, 4.69) is 30.8 Å². The van der Waals surface area contributed by atoms with Gasteiger partial charge in [0.25, 0.3) is 5.91 Å². The Labute approximate surface area is 150 Å². The molecule has 2 saturated heterocycles. The second-order valence-electron chi connectivity index (χ2n) is 6.71. The lowest BCUT2D eigenvalue weighted by molar-refractivity contribution is 0.0903. The molecule has 2 fully saturated rings. The van der Waals surface area contributed by atoms with Gasteiger partial charge in [-0.2, -0.15) is 10.2 Å². The Morgan fingerprint density at radius 2 is 2.36 bits per heavy atom. The standard InChI is InChI=1S/C17H21N5O2S/c1-11-10-25-16(21-11)8-22-6-14-13(9-24-15(14)7-22)4-18-17(23)12-2-3-19-20-5-12/h2-3,5,10,13-15H,4,6-9H2,1H3,(H,18,23)/t13-,14-,15-/m1/s1. The predicted octanol–water partition coefficient (Wildman–Crippen LogP) is 1.12. The van der Waals surface area contributed by atoms with Gasteiger partial charge in [0.05, 0.1) is 37.2 Å². The van der Waals surface area contributed by atoms with E-state index in [4.69, 9.17) is 4.74 Å². The molecule has 0 spiro atoms. The molecule has 1 N–H and O–H groups in total. The highest BCUT2D eigenvalue weighted by Gasteiger charge is 2.43. The zero-order valence-corrected chi connectivity index (χ0v) is 14.9. The fourth-order valence-electron chi connectivity index (χ4n) is 3.64. The number of thiazole rings is 1. The summed E-state index contributed by atoms with van der Waals surface area (Å²) in [6, 6.07) is 1.67. The normalized spacial score (nSPS) is 25.9. The van der Waals surface area contributed by atoms with Crippen LogP contribution < -0.4 is 5.32 Å². The highest BCUT2D eigenvalue weighted by Crippen LogP contribution is 2.34. The Hall–Kier alpha value is -1.90. The number of aryl methyl sites for hydroxylation is 1. The number of aromatic nitrogens is 3. The van der Waals surface area contributed by atoms with Crippen molar-refractivity contribution < 1.29 is 9.53 Å². The van der Waals surface area contributed by atoms with Crippen LogP contribution in [0.25, 0.3) is 0 Å². The minimum Gasteiger partial charge on any atom is -0.376 e. The third-order valence-corrected chi connectivity index (χ3v) is 5.86. The molecular formula is C17H21N5O2S. The lowest BCUT2D eigenvalue weighted by atomic mass is 9.93. The molecule has 0 aromatic carbocycles. The number of carbonyl (C=O) groups is 1. The molecule has 8 heteroatoms. The Morgan fingerprint density at radius 3 is 3.12 bits per heavy atom. The Kier molecular flexibility index (Phi) is 4.74. The first-order chi connectivity index (χ1) is 12.2. The monoisotopic (exact) mass is 359 g/mol. The summed E-state index contributed by atoms with van der Waals surface area (Å²) in [6.45, 7) is 6.21. The smallest absolute Gasteiger partial charge is 0.252 e. The number of fused-ring (bicyclic) bond motifs is 1. The summed E-state index contributed by atoms with van der Waals surface area (Å²) < 4.78 is 5.97. The third kappa shape index (κ3) is 3.70. The molecule has 0 radical (unpaired) electrons. The van der Waals surface area contributed by atoms with E-state index in [-0.39, 0.29) is 12.0 Å². The average Bonchev–Trinajstić information content (AvgIpc) is 3.30. The predicted molar refractivity (Wildman–Crippen MR) is 93.2 cm³/mol. The molecule has 1 amide bonds. The van der Waals surface area contributed by atoms with E-state index in [0.29, 0.717) is 30.6 Å². The van der Waals surface area contributed by atoms with E-state index >= 15 is 0 Å². The minimum absolute atomic E-state index is 0.105. The van der Waals surface area contributed by atoms with Crippen LogP contribution in [0.4, 0.5) is 0 Å². The van der Waals surface area contributed by atoms with Crippen LogP contribution in [-0.2, 0) is 11.3 Å². The van der Waals surface area contributed by atoms with Crippen molar-refractivity contribution in [3.63, 3.8) is 0 Å². The van der Waals surface area contributed by atoms with Crippen LogP contribution in [0.15, 0.2) is 23.8 Å². The number of hydrogen-bond donors (Lipinski definition) is 1. The molecule has 132 valence electrons. The molecule has 2 aromatic heterocycles. The molecule has 3 atom stereocenters. The highest BCUT2D eigenvalue weighted by atomic mass is 32.1. The molecule has 0 unspecified atom stereocenters. The van der Waals surface area contributed by atoms with Crippen molar-refractivity contribution in [3.8, 4) is 0 Å². The zero-order valence-electron chi connectivity index (χ0n) is 14.1. The summed E-state index contributed by atoms with van der Waals surface area (Å²) in [5, 5.41) is 13.7. The lowest BCUT2D eigenvalue weighted by Crippen LogP contribution is -2.34. The molecule has 4 heterocycles. The second-order valence-corrected chi connectivity index (χ2v) is 7.66. The fraction of sp³-hybridized carbons (Fsp3) is 0.529. The van der Waals surface area contributed by atoms with E-state index < -0.39 is 0 Å². The van der Waals surface area contributed by atoms with Crippen LogP contribution >= 0.6 is 11.3 Å². The fourth-order valence-corrected chi connectivity index (χ4v) is 4.45. The van der Waals surface area contributed by atoms with Crippen LogP contribution in [-0.4, -0.2) is 58.3 Å². The van der Waals surface area contributed by atoms with Crippen molar-refractivity contribution >= 4 is 17.2 Å². The molecule has 0 aliphatic carbocycles. The first kappa shape index (κ1) is 16.6. The Balaban J connectivity index is 1.30. The first-order valence-corrected chi connectivity index (χ1v) is 9.37. The molecule has 2 aliphatic rings. The number of hydrogen-bond acceptors (Lipinski definition) is 7. The van der Waals surface area contributed by atoms with Crippen LogP contribution in [0.3, 0.4) is 0 Å². The topological polar surface area (TPSA) is 80.2 Å². The maximum atomic E-state index is 12.2. The van der Waals surface area contributed by atoms with Gasteiger partial charge in [-0.3, -0.25) is 9.69 Å². The van der Waals surface area contributed by atoms with Crippen LogP contribution in [0, 0.1) is 18.8 Å². The van der Waals surface area contributed by atoms with Gasteiger partial charge in [0.15, 0.2) is 0 Å². The van der Waals surface area contributed by atoms with Gasteiger partial charge in [-0.1, -0.05) is 0 Å². The number of ether oxygens (including phenoxy) is 1. The van der Waals surface area contributed by atoms with E-state index in [0.717, 1.165) is 30.3 Å². The number of rotatable bonds is 5. The number of nitrogens with zero attached hydrogens (tertiary/aromatic N) is 4. The maximum absolute atomic E-state index is 12.2. The third-order valence-electron chi connectivity index (χ3n) is 4.91. The minimum atomic E-state index is -0.105. The largest absolute Gasteiger partial charge is 0.376 e. The van der Waals surface area contributed by atoms with Crippen LogP contribution in [0.2, 0.25) is 0 Å². The number of carbonyl (C=O) groups excluding carboxylic acids is 1. The zero-order chi connectivity index (χ0) is 17.2. The van der Waals surface area contributed by atoms with Crippen molar-refractivity contribution in [2.75, 3.05) is 26.2 Å². The van der Waals surface area contributed by atoms with Crippen LogP contribution in [0.1, 0.15) is 21.1 Å². The number of likely N-dealkylation sites (tertiary alicyclic amines) is 1. The second kappa shape index (κ2) is 7.15. The van der Waals surface area contributed by atoms with Crippen molar-refractivity contribution in [3.05, 3.63) is 40.1 Å². The summed E-state index contributed by atoms with van der Waals surface area (Å²) in [5.74, 6) is 0.718. The van der Waals surface area contributed by atoms with Gasteiger partial charge in [-0.25, -0.2) is 4.98 Å². The molecule has 7 nitrogen and oxygen atoms in total. The van der Waals surface area contributed by atoms with Gasteiger partial charge in [0.2, 0.25) is 0 Å². The summed E-state index contributed by atoms with van der Waals surface area (Å²) in [5.41, 5.74) is 1.62. The van der Waals surface area contributed by atoms with Gasteiger partial charge in [0.1, 0.15) is 5.01 Å². The SMILES string of the molecule is Cc1csc(CN2C[C@@H]3[C@H](CNC(=O)c4ccnnc4)CO[C@@H]3C2)n1. The maximum Gasteiger partial charge on any atom is 0.252 e. The van der Waals surface area contributed by atoms with Gasteiger partial charge >= 0.3 is 0 Å².